The van der Waals surface area contributed by atoms with Crippen LogP contribution in [0.15, 0.2) is 4.79 Å². The van der Waals surface area contributed by atoms with Gasteiger partial charge in [-0.25, -0.2) is 9.78 Å². The molecule has 0 radical (unpaired) electrons. The molecule has 8 heteroatoms. The van der Waals surface area contributed by atoms with Crippen molar-refractivity contribution in [1.82, 2.24) is 19.1 Å². The highest BCUT2D eigenvalue weighted by atomic mass is 16.5. The number of aliphatic hydroxyl groups excluding tert-OH is 1. The molecule has 4 heterocycles. The number of anilines is 1. The van der Waals surface area contributed by atoms with Crippen molar-refractivity contribution >= 4 is 17.0 Å². The first-order valence-corrected chi connectivity index (χ1v) is 8.96. The number of hydrogen-bond acceptors (Lipinski definition) is 6. The Bertz CT molecular complexity index is 852. The van der Waals surface area contributed by atoms with Crippen LogP contribution in [0.25, 0.3) is 11.2 Å². The van der Waals surface area contributed by atoms with Crippen molar-refractivity contribution in [3.63, 3.8) is 0 Å². The fourth-order valence-corrected chi connectivity index (χ4v) is 4.06. The first-order chi connectivity index (χ1) is 12.0. The zero-order valence-corrected chi connectivity index (χ0v) is 15.0. The molecule has 0 aromatic carbocycles. The Labute approximate surface area is 146 Å². The molecule has 2 saturated heterocycles. The van der Waals surface area contributed by atoms with E-state index in [-0.39, 0.29) is 17.8 Å². The minimum absolute atomic E-state index is 0.126. The fourth-order valence-electron chi connectivity index (χ4n) is 4.06. The summed E-state index contributed by atoms with van der Waals surface area (Å²) in [4.78, 5) is 23.5. The van der Waals surface area contributed by atoms with Gasteiger partial charge in [-0.15, -0.1) is 0 Å². The van der Waals surface area contributed by atoms with Crippen LogP contribution in [0.1, 0.15) is 32.0 Å². The van der Waals surface area contributed by atoms with E-state index in [2.05, 4.69) is 9.55 Å². The molecule has 8 nitrogen and oxygen atoms in total. The summed E-state index contributed by atoms with van der Waals surface area (Å²) in [6, 6.07) is 0.126. The molecular formula is C17H25N5O3. The third kappa shape index (κ3) is 2.73. The molecule has 0 bridgehead atoms. The summed E-state index contributed by atoms with van der Waals surface area (Å²) in [5, 5.41) is 9.98. The Hall–Kier alpha value is -1.93. The molecule has 2 aliphatic rings. The molecule has 0 spiro atoms. The molecule has 0 saturated carbocycles. The first-order valence-electron chi connectivity index (χ1n) is 8.96. The number of aromatic nitrogens is 4. The smallest absolute Gasteiger partial charge is 0.350 e. The van der Waals surface area contributed by atoms with Gasteiger partial charge in [0.25, 0.3) is 0 Å². The predicted molar refractivity (Wildman–Crippen MR) is 93.9 cm³/mol. The van der Waals surface area contributed by atoms with E-state index < -0.39 is 6.10 Å². The summed E-state index contributed by atoms with van der Waals surface area (Å²) in [6.07, 6.45) is 2.54. The van der Waals surface area contributed by atoms with E-state index in [1.807, 2.05) is 18.7 Å². The quantitative estimate of drug-likeness (QED) is 0.874. The highest BCUT2D eigenvalue weighted by Crippen LogP contribution is 2.30. The number of imidazole rings is 1. The van der Waals surface area contributed by atoms with Crippen molar-refractivity contribution in [2.45, 2.75) is 57.9 Å². The van der Waals surface area contributed by atoms with Gasteiger partial charge in [0.05, 0.1) is 18.8 Å². The standard InChI is InChI=1S/C17H25N5O3/c1-10-7-12(23)8-21(10)15-14-16(20(3)17(24)19-15)22(11(2)18-14)9-13-5-4-6-25-13/h10,12-13,23H,4-9H2,1-3H3/t10-,12+,13-/m0/s1. The number of aryl methyl sites for hydroxylation is 2. The molecule has 0 unspecified atom stereocenters. The lowest BCUT2D eigenvalue weighted by Crippen LogP contribution is -2.32. The van der Waals surface area contributed by atoms with Crippen molar-refractivity contribution < 1.29 is 9.84 Å². The van der Waals surface area contributed by atoms with Crippen LogP contribution in [0.5, 0.6) is 0 Å². The zero-order valence-electron chi connectivity index (χ0n) is 15.0. The maximum atomic E-state index is 12.5. The molecule has 3 atom stereocenters. The lowest BCUT2D eigenvalue weighted by molar-refractivity contribution is 0.0972. The average molecular weight is 347 g/mol. The van der Waals surface area contributed by atoms with Crippen LogP contribution < -0.4 is 10.6 Å². The second-order valence-corrected chi connectivity index (χ2v) is 7.24. The van der Waals surface area contributed by atoms with E-state index in [1.165, 1.54) is 0 Å². The van der Waals surface area contributed by atoms with Crippen molar-refractivity contribution in [1.29, 1.82) is 0 Å². The van der Waals surface area contributed by atoms with Crippen molar-refractivity contribution in [3.8, 4) is 0 Å². The van der Waals surface area contributed by atoms with Gasteiger partial charge in [-0.2, -0.15) is 4.98 Å². The Morgan fingerprint density at radius 1 is 1.36 bits per heavy atom. The van der Waals surface area contributed by atoms with Crippen LogP contribution in [0.4, 0.5) is 5.82 Å². The van der Waals surface area contributed by atoms with Gasteiger partial charge in [0, 0.05) is 26.2 Å². The van der Waals surface area contributed by atoms with E-state index in [9.17, 15) is 9.90 Å². The van der Waals surface area contributed by atoms with E-state index in [0.717, 1.165) is 36.4 Å². The molecule has 136 valence electrons. The highest BCUT2D eigenvalue weighted by molar-refractivity contribution is 5.84. The minimum atomic E-state index is -0.397. The van der Waals surface area contributed by atoms with Crippen molar-refractivity contribution in [2.75, 3.05) is 18.1 Å². The molecule has 2 aliphatic heterocycles. The molecule has 25 heavy (non-hydrogen) atoms. The summed E-state index contributed by atoms with van der Waals surface area (Å²) in [7, 11) is 1.73. The third-order valence-electron chi connectivity index (χ3n) is 5.38. The van der Waals surface area contributed by atoms with Crippen LogP contribution in [-0.2, 0) is 18.3 Å². The van der Waals surface area contributed by atoms with Gasteiger partial charge in [0.2, 0.25) is 0 Å². The first kappa shape index (κ1) is 16.5. The van der Waals surface area contributed by atoms with Crippen LogP contribution in [0.3, 0.4) is 0 Å². The predicted octanol–water partition coefficient (Wildman–Crippen LogP) is 0.577. The molecular weight excluding hydrogens is 322 g/mol. The van der Waals surface area contributed by atoms with Gasteiger partial charge >= 0.3 is 5.69 Å². The number of nitrogens with zero attached hydrogens (tertiary/aromatic N) is 5. The molecule has 4 rings (SSSR count). The maximum Gasteiger partial charge on any atom is 0.350 e. The summed E-state index contributed by atoms with van der Waals surface area (Å²) < 4.78 is 9.39. The van der Waals surface area contributed by atoms with Crippen LogP contribution in [0, 0.1) is 6.92 Å². The van der Waals surface area contributed by atoms with E-state index >= 15 is 0 Å². The van der Waals surface area contributed by atoms with Gasteiger partial charge in [0.1, 0.15) is 17.0 Å². The Morgan fingerprint density at radius 3 is 2.80 bits per heavy atom. The molecule has 2 fully saturated rings. The van der Waals surface area contributed by atoms with E-state index in [0.29, 0.717) is 25.3 Å². The van der Waals surface area contributed by atoms with E-state index in [1.54, 1.807) is 11.6 Å². The summed E-state index contributed by atoms with van der Waals surface area (Å²) in [5.74, 6) is 1.43. The number of rotatable bonds is 3. The average Bonchev–Trinajstić information content (AvgIpc) is 3.25. The van der Waals surface area contributed by atoms with Crippen LogP contribution >= 0.6 is 0 Å². The molecule has 2 aromatic rings. The Kier molecular flexibility index (Phi) is 4.04. The number of hydrogen-bond donors (Lipinski definition) is 1. The van der Waals surface area contributed by atoms with Gasteiger partial charge < -0.3 is 19.3 Å². The molecule has 1 N–H and O–H groups in total. The lowest BCUT2D eigenvalue weighted by Gasteiger charge is -2.22. The van der Waals surface area contributed by atoms with Gasteiger partial charge in [-0.05, 0) is 33.1 Å². The van der Waals surface area contributed by atoms with Gasteiger partial charge in [-0.3, -0.25) is 4.57 Å². The monoisotopic (exact) mass is 347 g/mol. The largest absolute Gasteiger partial charge is 0.391 e. The minimum Gasteiger partial charge on any atom is -0.391 e. The number of fused-ring (bicyclic) bond motifs is 1. The van der Waals surface area contributed by atoms with E-state index in [4.69, 9.17) is 9.72 Å². The van der Waals surface area contributed by atoms with Gasteiger partial charge in [0.15, 0.2) is 5.82 Å². The summed E-state index contributed by atoms with van der Waals surface area (Å²) in [6.45, 7) is 5.96. The second-order valence-electron chi connectivity index (χ2n) is 7.24. The summed E-state index contributed by atoms with van der Waals surface area (Å²) >= 11 is 0. The van der Waals surface area contributed by atoms with Crippen LogP contribution in [0.2, 0.25) is 0 Å². The maximum absolute atomic E-state index is 12.5. The second kappa shape index (κ2) is 6.10. The number of aliphatic hydroxyl groups is 1. The fraction of sp³-hybridized carbons (Fsp3) is 0.706. The summed E-state index contributed by atoms with van der Waals surface area (Å²) in [5.41, 5.74) is 1.19. The highest BCUT2D eigenvalue weighted by Gasteiger charge is 2.32. The Morgan fingerprint density at radius 2 is 2.16 bits per heavy atom. The normalized spacial score (nSPS) is 26.9. The van der Waals surface area contributed by atoms with Crippen LogP contribution in [-0.4, -0.2) is 55.6 Å². The Balaban J connectivity index is 1.85. The molecule has 0 aliphatic carbocycles. The number of β-amino-alcohol motifs (C(OH)–C–C–N with tert-alkyl or cyclic N) is 1. The lowest BCUT2D eigenvalue weighted by atomic mass is 10.2. The van der Waals surface area contributed by atoms with Crippen molar-refractivity contribution in [3.05, 3.63) is 16.3 Å². The molecule has 2 aromatic heterocycles. The topological polar surface area (TPSA) is 85.4 Å². The zero-order chi connectivity index (χ0) is 17.7. The SMILES string of the molecule is Cc1nc2c(N3C[C@H](O)C[C@@H]3C)nc(=O)n(C)c2n1C[C@@H]1CCCO1. The van der Waals surface area contributed by atoms with Gasteiger partial charge in [-0.1, -0.05) is 0 Å². The molecule has 0 amide bonds. The number of ether oxygens (including phenoxy) is 1. The van der Waals surface area contributed by atoms with Crippen molar-refractivity contribution in [2.24, 2.45) is 7.05 Å². The third-order valence-corrected chi connectivity index (χ3v) is 5.38.